The van der Waals surface area contributed by atoms with Crippen LogP contribution in [0.4, 0.5) is 0 Å². The lowest BCUT2D eigenvalue weighted by Crippen LogP contribution is -1.97. The first kappa shape index (κ1) is 9.94. The molecule has 0 atom stereocenters. The van der Waals surface area contributed by atoms with E-state index in [0.29, 0.717) is 5.56 Å². The molecule has 0 amide bonds. The second kappa shape index (κ2) is 3.87. The Balaban J connectivity index is 2.58. The van der Waals surface area contributed by atoms with Gasteiger partial charge in [0, 0.05) is 10.7 Å². The average molecular weight is 262 g/mol. The molecule has 0 aliphatic heterocycles. The number of hydrogen-bond donors (Lipinski definition) is 0. The van der Waals surface area contributed by atoms with Crippen molar-refractivity contribution in [2.75, 3.05) is 0 Å². The molecule has 15 heavy (non-hydrogen) atoms. The zero-order chi connectivity index (χ0) is 10.8. The smallest absolute Gasteiger partial charge is 0.101 e. The Morgan fingerprint density at radius 1 is 1.47 bits per heavy atom. The van der Waals surface area contributed by atoms with Crippen LogP contribution in [0.15, 0.2) is 35.1 Å². The molecule has 74 valence electrons. The third kappa shape index (κ3) is 1.92. The molecular formula is C11H8BrN3. The van der Waals surface area contributed by atoms with Gasteiger partial charge in [-0.1, -0.05) is 15.9 Å². The molecule has 1 aromatic heterocycles. The van der Waals surface area contributed by atoms with E-state index in [1.54, 1.807) is 16.9 Å². The van der Waals surface area contributed by atoms with Gasteiger partial charge in [0.1, 0.15) is 6.07 Å². The Morgan fingerprint density at radius 2 is 2.27 bits per heavy atom. The summed E-state index contributed by atoms with van der Waals surface area (Å²) in [7, 11) is 0. The van der Waals surface area contributed by atoms with Crippen LogP contribution in [0.1, 0.15) is 11.1 Å². The van der Waals surface area contributed by atoms with Crippen LogP contribution in [0.25, 0.3) is 5.69 Å². The minimum atomic E-state index is 0.604. The predicted octanol–water partition coefficient (Wildman–Crippen LogP) is 2.81. The van der Waals surface area contributed by atoms with E-state index in [-0.39, 0.29) is 0 Å². The number of nitrogens with zero attached hydrogens (tertiary/aromatic N) is 3. The van der Waals surface area contributed by atoms with Gasteiger partial charge in [-0.15, -0.1) is 0 Å². The molecule has 1 heterocycles. The monoisotopic (exact) mass is 261 g/mol. The maximum absolute atomic E-state index is 9.00. The van der Waals surface area contributed by atoms with Crippen LogP contribution >= 0.6 is 15.9 Å². The van der Waals surface area contributed by atoms with E-state index in [9.17, 15) is 0 Å². The Hall–Kier alpha value is -1.60. The molecule has 1 aromatic carbocycles. The van der Waals surface area contributed by atoms with Crippen molar-refractivity contribution in [2.24, 2.45) is 0 Å². The van der Waals surface area contributed by atoms with Crippen molar-refractivity contribution >= 4 is 15.9 Å². The van der Waals surface area contributed by atoms with Crippen LogP contribution in [0.5, 0.6) is 0 Å². The van der Waals surface area contributed by atoms with Gasteiger partial charge >= 0.3 is 0 Å². The maximum atomic E-state index is 9.00. The summed E-state index contributed by atoms with van der Waals surface area (Å²) in [5.41, 5.74) is 2.48. The number of hydrogen-bond acceptors (Lipinski definition) is 2. The summed E-state index contributed by atoms with van der Waals surface area (Å²) in [6, 6.07) is 7.70. The van der Waals surface area contributed by atoms with Gasteiger partial charge < -0.3 is 0 Å². The fourth-order valence-electron chi connectivity index (χ4n) is 1.34. The van der Waals surface area contributed by atoms with E-state index in [0.717, 1.165) is 15.7 Å². The molecule has 0 spiro atoms. The zero-order valence-corrected chi connectivity index (χ0v) is 9.69. The lowest BCUT2D eigenvalue weighted by atomic mass is 10.2. The van der Waals surface area contributed by atoms with Crippen LogP contribution < -0.4 is 0 Å². The second-order valence-corrected chi connectivity index (χ2v) is 4.15. The van der Waals surface area contributed by atoms with Crippen molar-refractivity contribution in [2.45, 2.75) is 6.92 Å². The Morgan fingerprint density at radius 3 is 2.87 bits per heavy atom. The first-order chi connectivity index (χ1) is 7.20. The normalized spacial score (nSPS) is 9.93. The minimum absolute atomic E-state index is 0.604. The van der Waals surface area contributed by atoms with Crippen LogP contribution in [-0.4, -0.2) is 9.78 Å². The number of rotatable bonds is 1. The predicted molar refractivity (Wildman–Crippen MR) is 60.7 cm³/mol. The second-order valence-electron chi connectivity index (χ2n) is 3.24. The molecule has 0 aliphatic carbocycles. The van der Waals surface area contributed by atoms with Gasteiger partial charge in [0.2, 0.25) is 0 Å². The Bertz CT molecular complexity index is 537. The molecule has 4 heteroatoms. The van der Waals surface area contributed by atoms with E-state index in [1.807, 2.05) is 25.3 Å². The molecule has 2 aromatic rings. The third-order valence-electron chi connectivity index (χ3n) is 2.04. The summed E-state index contributed by atoms with van der Waals surface area (Å²) in [6.07, 6.45) is 3.66. The van der Waals surface area contributed by atoms with Gasteiger partial charge in [-0.3, -0.25) is 0 Å². The molecule has 0 fully saturated rings. The summed E-state index contributed by atoms with van der Waals surface area (Å²) in [4.78, 5) is 0. The number of benzene rings is 1. The van der Waals surface area contributed by atoms with E-state index in [4.69, 9.17) is 5.26 Å². The van der Waals surface area contributed by atoms with Gasteiger partial charge in [0.15, 0.2) is 0 Å². The molecule has 0 radical (unpaired) electrons. The van der Waals surface area contributed by atoms with Crippen molar-refractivity contribution in [3.8, 4) is 11.8 Å². The Kier molecular flexibility index (Phi) is 2.57. The fourth-order valence-corrected chi connectivity index (χ4v) is 1.70. The molecule has 0 aliphatic rings. The summed E-state index contributed by atoms with van der Waals surface area (Å²) < 4.78 is 2.60. The molecule has 0 N–H and O–H groups in total. The number of halogens is 1. The number of aryl methyl sites for hydroxylation is 1. The van der Waals surface area contributed by atoms with Gasteiger partial charge in [-0.2, -0.15) is 10.4 Å². The summed E-state index contributed by atoms with van der Waals surface area (Å²) in [6.45, 7) is 1.97. The van der Waals surface area contributed by atoms with Crippen molar-refractivity contribution in [1.82, 2.24) is 9.78 Å². The minimum Gasteiger partial charge on any atom is -0.239 e. The van der Waals surface area contributed by atoms with Gasteiger partial charge in [-0.25, -0.2) is 4.68 Å². The lowest BCUT2D eigenvalue weighted by molar-refractivity contribution is 0.877. The summed E-state index contributed by atoms with van der Waals surface area (Å²) in [5, 5.41) is 13.2. The number of nitriles is 1. The third-order valence-corrected chi connectivity index (χ3v) is 2.53. The number of aromatic nitrogens is 2. The van der Waals surface area contributed by atoms with Gasteiger partial charge in [0.05, 0.1) is 17.4 Å². The first-order valence-electron chi connectivity index (χ1n) is 4.42. The van der Waals surface area contributed by atoms with Crippen LogP contribution in [0.3, 0.4) is 0 Å². The van der Waals surface area contributed by atoms with Crippen LogP contribution in [0, 0.1) is 18.3 Å². The van der Waals surface area contributed by atoms with Crippen molar-refractivity contribution < 1.29 is 0 Å². The van der Waals surface area contributed by atoms with E-state index in [1.165, 1.54) is 0 Å². The highest BCUT2D eigenvalue weighted by Gasteiger charge is 2.05. The van der Waals surface area contributed by atoms with Crippen molar-refractivity contribution in [3.05, 3.63) is 46.2 Å². The molecule has 3 nitrogen and oxygen atoms in total. The van der Waals surface area contributed by atoms with Gasteiger partial charge in [-0.05, 0) is 30.7 Å². The van der Waals surface area contributed by atoms with Gasteiger partial charge in [0.25, 0.3) is 0 Å². The first-order valence-corrected chi connectivity index (χ1v) is 5.21. The van der Waals surface area contributed by atoms with Crippen molar-refractivity contribution in [3.63, 3.8) is 0 Å². The lowest BCUT2D eigenvalue weighted by Gasteiger charge is -2.03. The standard InChI is InChI=1S/C11H8BrN3/c1-8-6-14-15(7-8)11-3-2-10(12)4-9(11)5-13/h2-4,6-7H,1H3. The molecular weight excluding hydrogens is 254 g/mol. The largest absolute Gasteiger partial charge is 0.239 e. The Labute approximate surface area is 96.1 Å². The average Bonchev–Trinajstić information content (AvgIpc) is 2.64. The van der Waals surface area contributed by atoms with Crippen LogP contribution in [0.2, 0.25) is 0 Å². The fraction of sp³-hybridized carbons (Fsp3) is 0.0909. The van der Waals surface area contributed by atoms with E-state index < -0.39 is 0 Å². The highest BCUT2D eigenvalue weighted by molar-refractivity contribution is 9.10. The highest BCUT2D eigenvalue weighted by atomic mass is 79.9. The SMILES string of the molecule is Cc1cnn(-c2ccc(Br)cc2C#N)c1. The van der Waals surface area contributed by atoms with Crippen molar-refractivity contribution in [1.29, 1.82) is 5.26 Å². The van der Waals surface area contributed by atoms with E-state index >= 15 is 0 Å². The van der Waals surface area contributed by atoms with E-state index in [2.05, 4.69) is 27.1 Å². The summed E-state index contributed by atoms with van der Waals surface area (Å²) >= 11 is 3.33. The summed E-state index contributed by atoms with van der Waals surface area (Å²) in [5.74, 6) is 0. The molecule has 2 rings (SSSR count). The topological polar surface area (TPSA) is 41.6 Å². The maximum Gasteiger partial charge on any atom is 0.101 e. The highest BCUT2D eigenvalue weighted by Crippen LogP contribution is 2.19. The molecule has 0 bridgehead atoms. The molecule has 0 saturated carbocycles. The zero-order valence-electron chi connectivity index (χ0n) is 8.11. The molecule has 0 unspecified atom stereocenters. The molecule has 0 saturated heterocycles. The van der Waals surface area contributed by atoms with Crippen LogP contribution in [-0.2, 0) is 0 Å². The quantitative estimate of drug-likeness (QED) is 0.792.